The first kappa shape index (κ1) is 12.0. The van der Waals surface area contributed by atoms with Gasteiger partial charge in [0.2, 0.25) is 0 Å². The minimum Gasteiger partial charge on any atom is -0.472 e. The number of ether oxygens (including phenoxy) is 1. The number of anilines is 2. The lowest BCUT2D eigenvalue weighted by atomic mass is 10.3. The van der Waals surface area contributed by atoms with Crippen molar-refractivity contribution in [3.8, 4) is 0 Å². The Morgan fingerprint density at radius 2 is 2.33 bits per heavy atom. The summed E-state index contributed by atoms with van der Waals surface area (Å²) in [6, 6.07) is 4.95. The third-order valence-corrected chi connectivity index (χ3v) is 2.36. The SMILES string of the molecule is COC(=O)c1ccc(N)c(NCc2ccoc2)n1. The Labute approximate surface area is 104 Å². The van der Waals surface area contributed by atoms with Crippen LogP contribution in [0.15, 0.2) is 35.1 Å². The van der Waals surface area contributed by atoms with Crippen LogP contribution in [0.1, 0.15) is 16.1 Å². The predicted molar refractivity (Wildman–Crippen MR) is 66.0 cm³/mol. The summed E-state index contributed by atoms with van der Waals surface area (Å²) in [5.41, 5.74) is 7.40. The lowest BCUT2D eigenvalue weighted by molar-refractivity contribution is 0.0594. The Bertz CT molecular complexity index is 538. The number of aromatic nitrogens is 1. The average molecular weight is 247 g/mol. The molecular weight excluding hydrogens is 234 g/mol. The fourth-order valence-corrected chi connectivity index (χ4v) is 1.41. The molecular formula is C12H13N3O3. The highest BCUT2D eigenvalue weighted by Gasteiger charge is 2.10. The number of hydrogen-bond acceptors (Lipinski definition) is 6. The van der Waals surface area contributed by atoms with Crippen molar-refractivity contribution in [3.05, 3.63) is 42.0 Å². The maximum Gasteiger partial charge on any atom is 0.356 e. The molecule has 0 aliphatic heterocycles. The number of carbonyl (C=O) groups is 1. The van der Waals surface area contributed by atoms with E-state index in [4.69, 9.17) is 10.2 Å². The molecule has 0 aromatic carbocycles. The van der Waals surface area contributed by atoms with Crippen LogP contribution in [0.2, 0.25) is 0 Å². The number of nitrogens with one attached hydrogen (secondary N) is 1. The number of nitrogen functional groups attached to an aromatic ring is 1. The lowest BCUT2D eigenvalue weighted by Gasteiger charge is -2.08. The normalized spacial score (nSPS) is 10.1. The molecule has 0 atom stereocenters. The molecule has 0 saturated heterocycles. The summed E-state index contributed by atoms with van der Waals surface area (Å²) in [5.74, 6) is -0.0551. The molecule has 0 aliphatic carbocycles. The number of hydrogen-bond donors (Lipinski definition) is 2. The standard InChI is InChI=1S/C12H13N3O3/c1-17-12(16)10-3-2-9(13)11(15-10)14-6-8-4-5-18-7-8/h2-5,7H,6,13H2,1H3,(H,14,15). The van der Waals surface area contributed by atoms with Crippen LogP contribution >= 0.6 is 0 Å². The van der Waals surface area contributed by atoms with E-state index in [2.05, 4.69) is 15.0 Å². The predicted octanol–water partition coefficient (Wildman–Crippen LogP) is 1.66. The lowest BCUT2D eigenvalue weighted by Crippen LogP contribution is -2.09. The second-order valence-electron chi connectivity index (χ2n) is 3.61. The molecule has 0 bridgehead atoms. The third-order valence-electron chi connectivity index (χ3n) is 2.36. The summed E-state index contributed by atoms with van der Waals surface area (Å²) in [4.78, 5) is 15.4. The Morgan fingerprint density at radius 1 is 1.50 bits per heavy atom. The first-order chi connectivity index (χ1) is 8.70. The molecule has 0 radical (unpaired) electrons. The van der Waals surface area contributed by atoms with Gasteiger partial charge in [-0.3, -0.25) is 0 Å². The van der Waals surface area contributed by atoms with Crippen LogP contribution in [0.5, 0.6) is 0 Å². The summed E-state index contributed by atoms with van der Waals surface area (Å²) in [6.07, 6.45) is 3.20. The van der Waals surface area contributed by atoms with E-state index >= 15 is 0 Å². The van der Waals surface area contributed by atoms with E-state index in [-0.39, 0.29) is 5.69 Å². The highest BCUT2D eigenvalue weighted by Crippen LogP contribution is 2.17. The van der Waals surface area contributed by atoms with Crippen molar-refractivity contribution in [2.45, 2.75) is 6.54 Å². The Morgan fingerprint density at radius 3 is 3.00 bits per heavy atom. The Kier molecular flexibility index (Phi) is 3.47. The summed E-state index contributed by atoms with van der Waals surface area (Å²) in [7, 11) is 1.30. The fourth-order valence-electron chi connectivity index (χ4n) is 1.41. The van der Waals surface area contributed by atoms with E-state index in [0.717, 1.165) is 5.56 Å². The van der Waals surface area contributed by atoms with Gasteiger partial charge >= 0.3 is 5.97 Å². The molecule has 2 rings (SSSR count). The number of esters is 1. The number of furan rings is 1. The molecule has 0 amide bonds. The number of nitrogens with zero attached hydrogens (tertiary/aromatic N) is 1. The van der Waals surface area contributed by atoms with Crippen molar-refractivity contribution in [2.75, 3.05) is 18.2 Å². The van der Waals surface area contributed by atoms with Crippen molar-refractivity contribution in [2.24, 2.45) is 0 Å². The zero-order chi connectivity index (χ0) is 13.0. The minimum absolute atomic E-state index is 0.210. The van der Waals surface area contributed by atoms with Gasteiger partial charge < -0.3 is 20.2 Å². The van der Waals surface area contributed by atoms with Crippen molar-refractivity contribution < 1.29 is 13.9 Å². The Hall–Kier alpha value is -2.50. The zero-order valence-corrected chi connectivity index (χ0v) is 9.84. The van der Waals surface area contributed by atoms with Gasteiger partial charge in [-0.25, -0.2) is 9.78 Å². The summed E-state index contributed by atoms with van der Waals surface area (Å²) in [5, 5.41) is 3.03. The molecule has 0 fully saturated rings. The zero-order valence-electron chi connectivity index (χ0n) is 9.84. The van der Waals surface area contributed by atoms with Gasteiger partial charge in [-0.2, -0.15) is 0 Å². The van der Waals surface area contributed by atoms with Crippen LogP contribution in [0, 0.1) is 0 Å². The molecule has 3 N–H and O–H groups in total. The van der Waals surface area contributed by atoms with Crippen molar-refractivity contribution >= 4 is 17.5 Å². The van der Waals surface area contributed by atoms with Crippen LogP contribution in [-0.4, -0.2) is 18.1 Å². The van der Waals surface area contributed by atoms with Gasteiger partial charge in [0.15, 0.2) is 5.69 Å². The highest BCUT2D eigenvalue weighted by molar-refractivity contribution is 5.88. The van der Waals surface area contributed by atoms with Crippen LogP contribution in [0.25, 0.3) is 0 Å². The second-order valence-corrected chi connectivity index (χ2v) is 3.61. The van der Waals surface area contributed by atoms with E-state index in [9.17, 15) is 4.79 Å². The van der Waals surface area contributed by atoms with Crippen molar-refractivity contribution in [1.82, 2.24) is 4.98 Å². The van der Waals surface area contributed by atoms with Crippen LogP contribution in [0.4, 0.5) is 11.5 Å². The van der Waals surface area contributed by atoms with Gasteiger partial charge in [0.25, 0.3) is 0 Å². The molecule has 0 aliphatic rings. The largest absolute Gasteiger partial charge is 0.472 e. The number of pyridine rings is 1. The van der Waals surface area contributed by atoms with Gasteiger partial charge in [-0.15, -0.1) is 0 Å². The van der Waals surface area contributed by atoms with E-state index in [1.807, 2.05) is 6.07 Å². The van der Waals surface area contributed by atoms with Gasteiger partial charge in [0, 0.05) is 12.1 Å². The van der Waals surface area contributed by atoms with Gasteiger partial charge in [-0.05, 0) is 18.2 Å². The highest BCUT2D eigenvalue weighted by atomic mass is 16.5. The number of nitrogens with two attached hydrogens (primary N) is 1. The fraction of sp³-hybridized carbons (Fsp3) is 0.167. The maximum absolute atomic E-state index is 11.3. The van der Waals surface area contributed by atoms with E-state index in [1.54, 1.807) is 18.6 Å². The molecule has 2 aromatic rings. The molecule has 2 aromatic heterocycles. The Balaban J connectivity index is 2.13. The number of rotatable bonds is 4. The maximum atomic E-state index is 11.3. The van der Waals surface area contributed by atoms with Gasteiger partial charge in [-0.1, -0.05) is 0 Å². The second kappa shape index (κ2) is 5.22. The summed E-state index contributed by atoms with van der Waals surface area (Å²) in [6.45, 7) is 0.512. The topological polar surface area (TPSA) is 90.4 Å². The summed E-state index contributed by atoms with van der Waals surface area (Å²) < 4.78 is 9.54. The summed E-state index contributed by atoms with van der Waals surface area (Å²) >= 11 is 0. The van der Waals surface area contributed by atoms with Crippen LogP contribution in [0.3, 0.4) is 0 Å². The number of carbonyl (C=O) groups excluding carboxylic acids is 1. The molecule has 2 heterocycles. The molecule has 18 heavy (non-hydrogen) atoms. The molecule has 0 unspecified atom stereocenters. The first-order valence-corrected chi connectivity index (χ1v) is 5.30. The molecule has 94 valence electrons. The van der Waals surface area contributed by atoms with Gasteiger partial charge in [0.05, 0.1) is 25.3 Å². The van der Waals surface area contributed by atoms with Crippen LogP contribution in [-0.2, 0) is 11.3 Å². The van der Waals surface area contributed by atoms with Gasteiger partial charge in [0.1, 0.15) is 5.82 Å². The third kappa shape index (κ3) is 2.60. The molecule has 6 nitrogen and oxygen atoms in total. The number of methoxy groups -OCH3 is 1. The quantitative estimate of drug-likeness (QED) is 0.798. The molecule has 0 spiro atoms. The molecule has 0 saturated carbocycles. The van der Waals surface area contributed by atoms with E-state index < -0.39 is 5.97 Å². The minimum atomic E-state index is -0.499. The van der Waals surface area contributed by atoms with Crippen molar-refractivity contribution in [1.29, 1.82) is 0 Å². The van der Waals surface area contributed by atoms with E-state index in [0.29, 0.717) is 18.1 Å². The van der Waals surface area contributed by atoms with E-state index in [1.165, 1.54) is 13.2 Å². The smallest absolute Gasteiger partial charge is 0.356 e. The average Bonchev–Trinajstić information content (AvgIpc) is 2.90. The van der Waals surface area contributed by atoms with Crippen LogP contribution < -0.4 is 11.1 Å². The molecule has 6 heteroatoms. The monoisotopic (exact) mass is 247 g/mol. The first-order valence-electron chi connectivity index (χ1n) is 5.30. The van der Waals surface area contributed by atoms with Crippen molar-refractivity contribution in [3.63, 3.8) is 0 Å².